The molecule has 0 radical (unpaired) electrons. The minimum Gasteiger partial charge on any atom is -0.356 e. The molecule has 0 atom stereocenters. The highest BCUT2D eigenvalue weighted by atomic mass is 16.9. The second kappa shape index (κ2) is 6.05. The number of aryl methyl sites for hydroxylation is 2. The van der Waals surface area contributed by atoms with Crippen molar-refractivity contribution < 1.29 is 9.49 Å². The molecule has 0 bridgehead atoms. The van der Waals surface area contributed by atoms with E-state index in [2.05, 4.69) is 58.2 Å². The smallest absolute Gasteiger partial charge is 0.235 e. The molecular formula is C19H17N3O3. The van der Waals surface area contributed by atoms with Gasteiger partial charge in [-0.2, -0.15) is 4.40 Å². The van der Waals surface area contributed by atoms with Gasteiger partial charge in [0.05, 0.1) is 5.09 Å². The summed E-state index contributed by atoms with van der Waals surface area (Å²) in [5.74, 6) is 0. The third kappa shape index (κ3) is 2.76. The van der Waals surface area contributed by atoms with E-state index < -0.39 is 5.09 Å². The monoisotopic (exact) mass is 335 g/mol. The van der Waals surface area contributed by atoms with Crippen molar-refractivity contribution in [3.05, 3.63) is 75.2 Å². The third-order valence-electron chi connectivity index (χ3n) is 4.84. The van der Waals surface area contributed by atoms with Gasteiger partial charge in [-0.3, -0.25) is 0 Å². The fourth-order valence-corrected chi connectivity index (χ4v) is 3.76. The van der Waals surface area contributed by atoms with Crippen molar-refractivity contribution in [1.29, 1.82) is 0 Å². The first-order valence-electron chi connectivity index (χ1n) is 8.31. The van der Waals surface area contributed by atoms with E-state index in [0.717, 1.165) is 0 Å². The molecule has 4 aromatic rings. The van der Waals surface area contributed by atoms with Crippen molar-refractivity contribution in [1.82, 2.24) is 4.98 Å². The molecule has 0 fully saturated rings. The van der Waals surface area contributed by atoms with E-state index in [1.54, 1.807) is 0 Å². The SMILES string of the molecule is O=[N+]([O-])[O-].c1ccc2c(c1)[nH]c1c2cc[n+]2cc3c(cc12)CCCC3. The summed E-state index contributed by atoms with van der Waals surface area (Å²) in [6, 6.07) is 13.2. The molecule has 6 heteroatoms. The number of rotatable bonds is 0. The van der Waals surface area contributed by atoms with Gasteiger partial charge in [-0.15, -0.1) is 0 Å². The maximum atomic E-state index is 8.25. The van der Waals surface area contributed by atoms with Gasteiger partial charge in [-0.05, 0) is 37.3 Å². The van der Waals surface area contributed by atoms with E-state index in [4.69, 9.17) is 15.3 Å². The number of nitrogens with zero attached hydrogens (tertiary/aromatic N) is 2. The van der Waals surface area contributed by atoms with E-state index in [9.17, 15) is 0 Å². The van der Waals surface area contributed by atoms with Crippen molar-refractivity contribution in [2.45, 2.75) is 25.7 Å². The predicted octanol–water partition coefficient (Wildman–Crippen LogP) is 3.70. The van der Waals surface area contributed by atoms with E-state index in [1.807, 2.05) is 0 Å². The Labute approximate surface area is 143 Å². The Morgan fingerprint density at radius 1 is 1.00 bits per heavy atom. The molecule has 0 unspecified atom stereocenters. The maximum Gasteiger partial charge on any atom is 0.235 e. The minimum atomic E-state index is -1.75. The molecule has 0 saturated carbocycles. The number of para-hydroxylation sites is 1. The van der Waals surface area contributed by atoms with Crippen LogP contribution in [0, 0.1) is 15.3 Å². The Bertz CT molecular complexity index is 1100. The Hall–Kier alpha value is -3.15. The van der Waals surface area contributed by atoms with E-state index in [0.29, 0.717) is 0 Å². The molecule has 5 rings (SSSR count). The molecule has 0 amide bonds. The van der Waals surface area contributed by atoms with Crippen LogP contribution >= 0.6 is 0 Å². The topological polar surface area (TPSA) is 86.1 Å². The molecule has 1 aromatic carbocycles. The first-order chi connectivity index (χ1) is 12.1. The number of hydrogen-bond donors (Lipinski definition) is 1. The van der Waals surface area contributed by atoms with Gasteiger partial charge in [-0.1, -0.05) is 18.2 Å². The second-order valence-electron chi connectivity index (χ2n) is 6.32. The Balaban J connectivity index is 0.000000358. The van der Waals surface area contributed by atoms with Crippen LogP contribution in [-0.2, 0) is 12.8 Å². The van der Waals surface area contributed by atoms with Crippen LogP contribution in [0.2, 0.25) is 0 Å². The lowest BCUT2D eigenvalue weighted by molar-refractivity contribution is -0.511. The zero-order valence-electron chi connectivity index (χ0n) is 13.6. The number of benzene rings is 1. The van der Waals surface area contributed by atoms with Crippen LogP contribution in [0.1, 0.15) is 24.0 Å². The molecule has 1 N–H and O–H groups in total. The van der Waals surface area contributed by atoms with Crippen molar-refractivity contribution in [3.8, 4) is 0 Å². The number of nitrogens with one attached hydrogen (secondary N) is 1. The van der Waals surface area contributed by atoms with Crippen molar-refractivity contribution in [3.63, 3.8) is 0 Å². The third-order valence-corrected chi connectivity index (χ3v) is 4.84. The standard InChI is InChI=1S/C19H16N2.NO3/c1-2-6-14-12-21-10-9-16-15-7-3-4-8-17(15)20-19(16)18(21)11-13(14)5-1;2-1(3)4/h3-4,7-12H,1-2,5-6H2;/q;-1/p+1. The molecule has 1 aliphatic rings. The van der Waals surface area contributed by atoms with Gasteiger partial charge in [0.1, 0.15) is 5.52 Å². The quantitative estimate of drug-likeness (QED) is 0.302. The molecule has 25 heavy (non-hydrogen) atoms. The van der Waals surface area contributed by atoms with Crippen LogP contribution in [-0.4, -0.2) is 10.1 Å². The lowest BCUT2D eigenvalue weighted by Crippen LogP contribution is -2.24. The first-order valence-corrected chi connectivity index (χ1v) is 8.31. The lowest BCUT2D eigenvalue weighted by Gasteiger charge is -2.13. The zero-order valence-corrected chi connectivity index (χ0v) is 13.6. The van der Waals surface area contributed by atoms with Crippen molar-refractivity contribution in [2.24, 2.45) is 0 Å². The normalized spacial score (nSPS) is 13.4. The molecule has 3 aromatic heterocycles. The summed E-state index contributed by atoms with van der Waals surface area (Å²) in [7, 11) is 0. The van der Waals surface area contributed by atoms with Crippen LogP contribution in [0.3, 0.4) is 0 Å². The fourth-order valence-electron chi connectivity index (χ4n) is 3.76. The first kappa shape index (κ1) is 15.4. The fraction of sp³-hybridized carbons (Fsp3) is 0.211. The zero-order chi connectivity index (χ0) is 17.4. The van der Waals surface area contributed by atoms with Crippen LogP contribution < -0.4 is 4.40 Å². The molecular weight excluding hydrogens is 318 g/mol. The molecule has 0 aliphatic heterocycles. The highest BCUT2D eigenvalue weighted by Crippen LogP contribution is 2.28. The average molecular weight is 335 g/mol. The van der Waals surface area contributed by atoms with Crippen molar-refractivity contribution >= 4 is 27.3 Å². The summed E-state index contributed by atoms with van der Waals surface area (Å²) >= 11 is 0. The highest BCUT2D eigenvalue weighted by molar-refractivity contribution is 6.10. The van der Waals surface area contributed by atoms with Gasteiger partial charge in [0, 0.05) is 34.0 Å². The molecule has 0 spiro atoms. The van der Waals surface area contributed by atoms with E-state index in [-0.39, 0.29) is 0 Å². The van der Waals surface area contributed by atoms with Crippen LogP contribution in [0.5, 0.6) is 0 Å². The van der Waals surface area contributed by atoms with Crippen molar-refractivity contribution in [2.75, 3.05) is 0 Å². The number of aromatic nitrogens is 2. The number of pyridine rings is 2. The Morgan fingerprint density at radius 2 is 1.72 bits per heavy atom. The highest BCUT2D eigenvalue weighted by Gasteiger charge is 2.18. The summed E-state index contributed by atoms with van der Waals surface area (Å²) < 4.78 is 2.28. The number of H-pyrrole nitrogens is 1. The summed E-state index contributed by atoms with van der Waals surface area (Å²) in [5.41, 5.74) is 6.83. The molecule has 0 saturated heterocycles. The molecule has 6 nitrogen and oxygen atoms in total. The maximum absolute atomic E-state index is 8.25. The summed E-state index contributed by atoms with van der Waals surface area (Å²) in [6.07, 6.45) is 9.63. The van der Waals surface area contributed by atoms with Gasteiger partial charge >= 0.3 is 0 Å². The van der Waals surface area contributed by atoms with Gasteiger partial charge < -0.3 is 20.3 Å². The van der Waals surface area contributed by atoms with E-state index in [1.165, 1.54) is 64.1 Å². The molecule has 3 heterocycles. The lowest BCUT2D eigenvalue weighted by atomic mass is 9.93. The van der Waals surface area contributed by atoms with Gasteiger partial charge in [-0.25, -0.2) is 0 Å². The van der Waals surface area contributed by atoms with Gasteiger partial charge in [0.2, 0.25) is 5.52 Å². The number of hydrogen-bond acceptors (Lipinski definition) is 3. The predicted molar refractivity (Wildman–Crippen MR) is 96.0 cm³/mol. The molecule has 1 aliphatic carbocycles. The molecule has 126 valence electrons. The van der Waals surface area contributed by atoms with Crippen LogP contribution in [0.4, 0.5) is 0 Å². The average Bonchev–Trinajstić information content (AvgIpc) is 2.99. The summed E-state index contributed by atoms with van der Waals surface area (Å²) in [5, 5.41) is 17.4. The number of fused-ring (bicyclic) bond motifs is 6. The minimum absolute atomic E-state index is 1.22. The van der Waals surface area contributed by atoms with Crippen LogP contribution in [0.15, 0.2) is 48.8 Å². The summed E-state index contributed by atoms with van der Waals surface area (Å²) in [4.78, 5) is 11.9. The Morgan fingerprint density at radius 3 is 2.52 bits per heavy atom. The number of aromatic amines is 1. The van der Waals surface area contributed by atoms with E-state index >= 15 is 0 Å². The van der Waals surface area contributed by atoms with Crippen LogP contribution in [0.25, 0.3) is 27.3 Å². The summed E-state index contributed by atoms with van der Waals surface area (Å²) in [6.45, 7) is 0. The second-order valence-corrected chi connectivity index (χ2v) is 6.32. The van der Waals surface area contributed by atoms with Gasteiger partial charge in [0.25, 0.3) is 0 Å². The van der Waals surface area contributed by atoms with Gasteiger partial charge in [0.15, 0.2) is 12.4 Å². The Kier molecular flexibility index (Phi) is 3.72. The largest absolute Gasteiger partial charge is 0.356 e.